The number of benzene rings is 2. The van der Waals surface area contributed by atoms with Crippen LogP contribution < -0.4 is 20.9 Å². The lowest BCUT2D eigenvalue weighted by Gasteiger charge is -2.36. The smallest absolute Gasteiger partial charge is 0.255 e. The molecule has 1 saturated carbocycles. The van der Waals surface area contributed by atoms with Crippen molar-refractivity contribution in [3.05, 3.63) is 88.7 Å². The van der Waals surface area contributed by atoms with E-state index in [0.717, 1.165) is 93.2 Å². The van der Waals surface area contributed by atoms with Crippen molar-refractivity contribution >= 4 is 40.8 Å². The summed E-state index contributed by atoms with van der Waals surface area (Å²) in [6, 6.07) is 17.7. The molecule has 2 aromatic heterocycles. The number of piperazine rings is 1. The van der Waals surface area contributed by atoms with Crippen molar-refractivity contribution in [1.82, 2.24) is 35.0 Å². The third-order valence-corrected chi connectivity index (χ3v) is 10.9. The predicted molar refractivity (Wildman–Crippen MR) is 196 cm³/mol. The van der Waals surface area contributed by atoms with Crippen molar-refractivity contribution in [1.29, 1.82) is 0 Å². The molecular formula is C39H45N9O4. The van der Waals surface area contributed by atoms with E-state index >= 15 is 0 Å². The van der Waals surface area contributed by atoms with Crippen LogP contribution in [-0.2, 0) is 29.1 Å². The number of piperidine rings is 1. The van der Waals surface area contributed by atoms with Gasteiger partial charge in [0.1, 0.15) is 11.9 Å². The second-order valence-electron chi connectivity index (χ2n) is 14.5. The zero-order valence-corrected chi connectivity index (χ0v) is 29.5. The van der Waals surface area contributed by atoms with E-state index in [1.807, 2.05) is 34.8 Å². The molecule has 8 rings (SSSR count). The summed E-state index contributed by atoms with van der Waals surface area (Å²) in [4.78, 5) is 61.3. The minimum atomic E-state index is -0.608. The van der Waals surface area contributed by atoms with Crippen molar-refractivity contribution < 1.29 is 19.2 Å². The summed E-state index contributed by atoms with van der Waals surface area (Å²) in [6.45, 7) is 6.84. The van der Waals surface area contributed by atoms with Gasteiger partial charge in [0.15, 0.2) is 5.65 Å². The van der Waals surface area contributed by atoms with Crippen LogP contribution in [0.5, 0.6) is 0 Å². The third-order valence-electron chi connectivity index (χ3n) is 10.9. The molecule has 4 aliphatic rings. The molecule has 1 unspecified atom stereocenters. The van der Waals surface area contributed by atoms with E-state index in [9.17, 15) is 19.2 Å². The summed E-state index contributed by atoms with van der Waals surface area (Å²) in [5, 5.41) is 13.7. The average Bonchev–Trinajstić information content (AvgIpc) is 3.88. The van der Waals surface area contributed by atoms with Crippen LogP contribution in [0.15, 0.2) is 60.8 Å². The maximum atomic E-state index is 13.2. The molecule has 2 aromatic carbocycles. The highest BCUT2D eigenvalue weighted by atomic mass is 16.2. The Labute approximate surface area is 302 Å². The average molecular weight is 704 g/mol. The number of nitrogens with zero attached hydrogens (tertiary/aromatic N) is 6. The maximum absolute atomic E-state index is 13.2. The molecule has 52 heavy (non-hydrogen) atoms. The number of hydrogen-bond donors (Lipinski definition) is 3. The number of carbonyl (C=O) groups excluding carboxylic acids is 4. The van der Waals surface area contributed by atoms with Crippen LogP contribution in [-0.4, -0.2) is 92.3 Å². The molecule has 2 saturated heterocycles. The van der Waals surface area contributed by atoms with Crippen LogP contribution in [0, 0.1) is 0 Å². The van der Waals surface area contributed by atoms with Crippen molar-refractivity contribution in [2.75, 3.05) is 36.4 Å². The summed E-state index contributed by atoms with van der Waals surface area (Å²) in [6.07, 6.45) is 7.09. The normalized spacial score (nSPS) is 22.2. The summed E-state index contributed by atoms with van der Waals surface area (Å²) >= 11 is 0. The molecule has 270 valence electrons. The molecule has 0 bridgehead atoms. The SMILES string of the molecule is CCCc1cc(N[C@@H]2CC[C@@H](NC(=O)c3ccc(CN4CCN(c5ccc6c(c5)CN(C5CCC(=O)NC5=O)C6=O)CC4)cc3)C2)n2nccc2n1. The molecule has 1 aliphatic carbocycles. The molecule has 13 heteroatoms. The lowest BCUT2D eigenvalue weighted by Crippen LogP contribution is -2.52. The van der Waals surface area contributed by atoms with Gasteiger partial charge in [-0.2, -0.15) is 9.61 Å². The molecule has 3 fully saturated rings. The molecule has 13 nitrogen and oxygen atoms in total. The first kappa shape index (κ1) is 33.8. The molecule has 3 N–H and O–H groups in total. The molecule has 3 aliphatic heterocycles. The minimum Gasteiger partial charge on any atom is -0.369 e. The van der Waals surface area contributed by atoms with Crippen LogP contribution in [0.2, 0.25) is 0 Å². The van der Waals surface area contributed by atoms with Crippen LogP contribution >= 0.6 is 0 Å². The number of imide groups is 1. The predicted octanol–water partition coefficient (Wildman–Crippen LogP) is 3.53. The van der Waals surface area contributed by atoms with E-state index in [1.165, 1.54) is 5.56 Å². The van der Waals surface area contributed by atoms with E-state index in [0.29, 0.717) is 24.1 Å². The monoisotopic (exact) mass is 703 g/mol. The van der Waals surface area contributed by atoms with E-state index in [2.05, 4.69) is 62.0 Å². The van der Waals surface area contributed by atoms with Crippen LogP contribution in [0.1, 0.15) is 83.0 Å². The lowest BCUT2D eigenvalue weighted by atomic mass is 10.0. The number of rotatable bonds is 10. The number of aryl methyl sites for hydroxylation is 1. The number of hydrogen-bond acceptors (Lipinski definition) is 9. The molecule has 5 heterocycles. The minimum absolute atomic E-state index is 0.0364. The number of fused-ring (bicyclic) bond motifs is 2. The van der Waals surface area contributed by atoms with Crippen LogP contribution in [0.25, 0.3) is 5.65 Å². The zero-order chi connectivity index (χ0) is 35.8. The fourth-order valence-electron chi connectivity index (χ4n) is 8.12. The molecule has 0 radical (unpaired) electrons. The van der Waals surface area contributed by atoms with E-state index in [-0.39, 0.29) is 36.2 Å². The van der Waals surface area contributed by atoms with E-state index in [4.69, 9.17) is 4.98 Å². The van der Waals surface area contributed by atoms with Gasteiger partial charge in [-0.05, 0) is 73.6 Å². The highest BCUT2D eigenvalue weighted by Gasteiger charge is 2.39. The van der Waals surface area contributed by atoms with Gasteiger partial charge in [0, 0.05) is 92.4 Å². The number of anilines is 2. The number of aromatic nitrogens is 3. The van der Waals surface area contributed by atoms with E-state index < -0.39 is 11.9 Å². The Balaban J connectivity index is 0.802. The quantitative estimate of drug-likeness (QED) is 0.212. The number of amides is 4. The van der Waals surface area contributed by atoms with Gasteiger partial charge >= 0.3 is 0 Å². The Morgan fingerprint density at radius 2 is 1.75 bits per heavy atom. The topological polar surface area (TPSA) is 144 Å². The lowest BCUT2D eigenvalue weighted by molar-refractivity contribution is -0.136. The molecule has 4 aromatic rings. The van der Waals surface area contributed by atoms with Gasteiger partial charge in [0.05, 0.1) is 6.20 Å². The van der Waals surface area contributed by atoms with Crippen molar-refractivity contribution in [2.24, 2.45) is 0 Å². The van der Waals surface area contributed by atoms with Crippen molar-refractivity contribution in [2.45, 2.75) is 83.1 Å². The highest BCUT2D eigenvalue weighted by Crippen LogP contribution is 2.31. The van der Waals surface area contributed by atoms with Crippen LogP contribution in [0.3, 0.4) is 0 Å². The number of carbonyl (C=O) groups is 4. The van der Waals surface area contributed by atoms with Gasteiger partial charge < -0.3 is 20.4 Å². The maximum Gasteiger partial charge on any atom is 0.255 e. The first-order valence-electron chi connectivity index (χ1n) is 18.6. The largest absolute Gasteiger partial charge is 0.369 e. The van der Waals surface area contributed by atoms with Gasteiger partial charge in [-0.15, -0.1) is 0 Å². The van der Waals surface area contributed by atoms with Crippen molar-refractivity contribution in [3.63, 3.8) is 0 Å². The zero-order valence-electron chi connectivity index (χ0n) is 29.5. The fraction of sp³-hybridized carbons (Fsp3) is 0.436. The second kappa shape index (κ2) is 14.4. The van der Waals surface area contributed by atoms with E-state index in [1.54, 1.807) is 11.1 Å². The fourth-order valence-corrected chi connectivity index (χ4v) is 8.12. The summed E-state index contributed by atoms with van der Waals surface area (Å²) in [7, 11) is 0. The third kappa shape index (κ3) is 6.97. The second-order valence-corrected chi connectivity index (χ2v) is 14.5. The standard InChI is InChI=1S/C39H45N9O4/c1-2-3-28-22-35(48-34(41-28)14-15-40-48)42-29-8-9-30(21-29)43-37(50)26-6-4-25(5-7-26)23-45-16-18-46(19-17-45)31-10-11-32-27(20-31)24-47(39(32)52)33-12-13-36(49)44-38(33)51/h4-7,10-11,14-15,20,22,29-30,33,42H,2-3,8-9,12-13,16-19,21,23-24H2,1H3,(H,43,50)(H,44,49,51)/t29-,30-,33?/m1/s1. The summed E-state index contributed by atoms with van der Waals surface area (Å²) in [5.41, 5.74) is 6.38. The van der Waals surface area contributed by atoms with Crippen LogP contribution in [0.4, 0.5) is 11.5 Å². The Bertz CT molecular complexity index is 2000. The van der Waals surface area contributed by atoms with Gasteiger partial charge in [0.25, 0.3) is 11.8 Å². The van der Waals surface area contributed by atoms with Gasteiger partial charge in [0.2, 0.25) is 11.8 Å². The van der Waals surface area contributed by atoms with Gasteiger partial charge in [-0.3, -0.25) is 29.4 Å². The van der Waals surface area contributed by atoms with Gasteiger partial charge in [-0.25, -0.2) is 4.98 Å². The Morgan fingerprint density at radius 1 is 0.942 bits per heavy atom. The molecule has 4 amide bonds. The Hall–Kier alpha value is -5.30. The van der Waals surface area contributed by atoms with Gasteiger partial charge in [-0.1, -0.05) is 25.5 Å². The Kier molecular flexibility index (Phi) is 9.35. The first-order valence-corrected chi connectivity index (χ1v) is 18.6. The molecule has 3 atom stereocenters. The highest BCUT2D eigenvalue weighted by molar-refractivity contribution is 6.05. The number of nitrogens with one attached hydrogen (secondary N) is 3. The summed E-state index contributed by atoms with van der Waals surface area (Å²) in [5.74, 6) is 0.0915. The first-order chi connectivity index (χ1) is 25.3. The Morgan fingerprint density at radius 3 is 2.54 bits per heavy atom. The molecular weight excluding hydrogens is 658 g/mol. The van der Waals surface area contributed by atoms with Crippen molar-refractivity contribution in [3.8, 4) is 0 Å². The molecule has 0 spiro atoms. The summed E-state index contributed by atoms with van der Waals surface area (Å²) < 4.78 is 1.85.